The molecule has 19 heavy (non-hydrogen) atoms. The Morgan fingerprint density at radius 1 is 1.26 bits per heavy atom. The first-order valence-corrected chi connectivity index (χ1v) is 6.15. The van der Waals surface area contributed by atoms with Crippen LogP contribution in [0.1, 0.15) is 31.4 Å². The fourth-order valence-electron chi connectivity index (χ4n) is 1.68. The maximum atomic E-state index is 13.0. The molecule has 0 saturated heterocycles. The van der Waals surface area contributed by atoms with Crippen molar-refractivity contribution in [2.24, 2.45) is 0 Å². The van der Waals surface area contributed by atoms with E-state index in [4.69, 9.17) is 0 Å². The number of hydrogen-bond donors (Lipinski definition) is 1. The van der Waals surface area contributed by atoms with Crippen LogP contribution in [0.4, 0.5) is 17.6 Å². The van der Waals surface area contributed by atoms with E-state index in [9.17, 15) is 17.6 Å². The molecule has 0 aliphatic heterocycles. The summed E-state index contributed by atoms with van der Waals surface area (Å²) in [6, 6.07) is 2.74. The first-order chi connectivity index (χ1) is 8.88. The van der Waals surface area contributed by atoms with Crippen molar-refractivity contribution in [1.29, 1.82) is 0 Å². The molecule has 0 unspecified atom stereocenters. The van der Waals surface area contributed by atoms with Gasteiger partial charge in [0.1, 0.15) is 5.82 Å². The van der Waals surface area contributed by atoms with Crippen LogP contribution in [0, 0.1) is 5.82 Å². The summed E-state index contributed by atoms with van der Waals surface area (Å²) in [6.07, 6.45) is -2.43. The monoisotopic (exact) mass is 275 g/mol. The van der Waals surface area contributed by atoms with E-state index in [1.807, 2.05) is 13.8 Å². The van der Waals surface area contributed by atoms with Crippen molar-refractivity contribution in [2.75, 3.05) is 13.1 Å². The van der Waals surface area contributed by atoms with Crippen molar-refractivity contribution in [3.8, 4) is 0 Å². The van der Waals surface area contributed by atoms with Crippen LogP contribution in [-0.4, -0.2) is 13.1 Å². The quantitative estimate of drug-likeness (QED) is 0.792. The van der Waals surface area contributed by atoms with Gasteiger partial charge in [0, 0.05) is 6.54 Å². The summed E-state index contributed by atoms with van der Waals surface area (Å²) < 4.78 is 51.4. The fourth-order valence-corrected chi connectivity index (χ4v) is 1.68. The van der Waals surface area contributed by atoms with Gasteiger partial charge in [-0.3, -0.25) is 0 Å². The number of rotatable bonds is 5. The van der Waals surface area contributed by atoms with Crippen molar-refractivity contribution in [3.63, 3.8) is 0 Å². The van der Waals surface area contributed by atoms with Crippen molar-refractivity contribution < 1.29 is 17.6 Å². The number of alkyl halides is 3. The summed E-state index contributed by atoms with van der Waals surface area (Å²) in [5.41, 5.74) is -0.0856. The Hall–Kier alpha value is -1.36. The van der Waals surface area contributed by atoms with Gasteiger partial charge in [0.15, 0.2) is 0 Å². The Balaban J connectivity index is 3.15. The summed E-state index contributed by atoms with van der Waals surface area (Å²) in [7, 11) is 0. The molecule has 0 heterocycles. The molecule has 1 nitrogen and oxygen atoms in total. The SMILES string of the molecule is CCNC/C(=C/c1ccc(F)cc1C(F)(F)F)CC. The van der Waals surface area contributed by atoms with Gasteiger partial charge in [0.25, 0.3) is 0 Å². The zero-order chi connectivity index (χ0) is 14.5. The highest BCUT2D eigenvalue weighted by molar-refractivity contribution is 5.58. The molecular weight excluding hydrogens is 258 g/mol. The summed E-state index contributed by atoms with van der Waals surface area (Å²) in [6.45, 7) is 5.07. The van der Waals surface area contributed by atoms with Crippen LogP contribution in [0.2, 0.25) is 0 Å². The highest BCUT2D eigenvalue weighted by atomic mass is 19.4. The van der Waals surface area contributed by atoms with Gasteiger partial charge in [0.05, 0.1) is 5.56 Å². The fraction of sp³-hybridized carbons (Fsp3) is 0.429. The van der Waals surface area contributed by atoms with Gasteiger partial charge in [0.2, 0.25) is 0 Å². The second-order valence-electron chi connectivity index (χ2n) is 4.17. The highest BCUT2D eigenvalue weighted by Gasteiger charge is 2.33. The molecule has 0 aliphatic rings. The number of nitrogens with one attached hydrogen (secondary N) is 1. The third-order valence-corrected chi connectivity index (χ3v) is 2.74. The average molecular weight is 275 g/mol. The average Bonchev–Trinajstić information content (AvgIpc) is 2.34. The van der Waals surface area contributed by atoms with E-state index in [0.717, 1.165) is 18.2 Å². The summed E-state index contributed by atoms with van der Waals surface area (Å²) in [4.78, 5) is 0. The molecule has 1 rings (SSSR count). The first-order valence-electron chi connectivity index (χ1n) is 6.15. The van der Waals surface area contributed by atoms with Crippen LogP contribution >= 0.6 is 0 Å². The zero-order valence-corrected chi connectivity index (χ0v) is 10.9. The molecule has 0 atom stereocenters. The Labute approximate surface area is 110 Å². The van der Waals surface area contributed by atoms with Gasteiger partial charge in [-0.15, -0.1) is 0 Å². The van der Waals surface area contributed by atoms with Crippen LogP contribution < -0.4 is 5.32 Å². The predicted molar refractivity (Wildman–Crippen MR) is 68.2 cm³/mol. The molecule has 1 N–H and O–H groups in total. The van der Waals surface area contributed by atoms with E-state index in [1.165, 1.54) is 12.1 Å². The van der Waals surface area contributed by atoms with Crippen molar-refractivity contribution in [1.82, 2.24) is 5.32 Å². The summed E-state index contributed by atoms with van der Waals surface area (Å²) >= 11 is 0. The number of likely N-dealkylation sites (N-methyl/N-ethyl adjacent to an activating group) is 1. The summed E-state index contributed by atoms with van der Waals surface area (Å²) in [5, 5.41) is 3.07. The second kappa shape index (κ2) is 6.70. The van der Waals surface area contributed by atoms with Crippen molar-refractivity contribution >= 4 is 6.08 Å². The maximum Gasteiger partial charge on any atom is 0.417 e. The highest BCUT2D eigenvalue weighted by Crippen LogP contribution is 2.33. The minimum Gasteiger partial charge on any atom is -0.313 e. The lowest BCUT2D eigenvalue weighted by Gasteiger charge is -2.12. The molecule has 106 valence electrons. The van der Waals surface area contributed by atoms with Crippen LogP contribution in [0.25, 0.3) is 6.08 Å². The largest absolute Gasteiger partial charge is 0.417 e. The van der Waals surface area contributed by atoms with Crippen LogP contribution in [0.3, 0.4) is 0 Å². The number of benzene rings is 1. The molecule has 0 fully saturated rings. The van der Waals surface area contributed by atoms with E-state index >= 15 is 0 Å². The molecule has 5 heteroatoms. The normalized spacial score (nSPS) is 12.8. The molecule has 1 aromatic rings. The van der Waals surface area contributed by atoms with Crippen LogP contribution in [0.15, 0.2) is 23.8 Å². The molecule has 0 spiro atoms. The molecule has 0 radical (unpaired) electrons. The zero-order valence-electron chi connectivity index (χ0n) is 10.9. The van der Waals surface area contributed by atoms with E-state index in [2.05, 4.69) is 5.32 Å². The topological polar surface area (TPSA) is 12.0 Å². The van der Waals surface area contributed by atoms with Crippen LogP contribution in [-0.2, 0) is 6.18 Å². The molecule has 0 amide bonds. The van der Waals surface area contributed by atoms with Crippen LogP contribution in [0.5, 0.6) is 0 Å². The van der Waals surface area contributed by atoms with Crippen molar-refractivity contribution in [3.05, 3.63) is 40.7 Å². The number of halogens is 4. The van der Waals surface area contributed by atoms with Gasteiger partial charge in [-0.25, -0.2) is 4.39 Å². The maximum absolute atomic E-state index is 13.0. The van der Waals surface area contributed by atoms with E-state index < -0.39 is 17.6 Å². The molecule has 0 aromatic heterocycles. The lowest BCUT2D eigenvalue weighted by Crippen LogP contribution is -2.16. The Bertz CT molecular complexity index is 449. The first kappa shape index (κ1) is 15.7. The summed E-state index contributed by atoms with van der Waals surface area (Å²) in [5.74, 6) is -0.880. The van der Waals surface area contributed by atoms with E-state index in [1.54, 1.807) is 0 Å². The van der Waals surface area contributed by atoms with E-state index in [-0.39, 0.29) is 5.56 Å². The lowest BCUT2D eigenvalue weighted by atomic mass is 10.0. The van der Waals surface area contributed by atoms with Gasteiger partial charge >= 0.3 is 6.18 Å². The van der Waals surface area contributed by atoms with Gasteiger partial charge < -0.3 is 5.32 Å². The Morgan fingerprint density at radius 2 is 1.95 bits per heavy atom. The van der Waals surface area contributed by atoms with Gasteiger partial charge in [-0.05, 0) is 30.7 Å². The second-order valence-corrected chi connectivity index (χ2v) is 4.17. The predicted octanol–water partition coefficient (Wildman–Crippen LogP) is 4.25. The van der Waals surface area contributed by atoms with Gasteiger partial charge in [-0.2, -0.15) is 13.2 Å². The minimum atomic E-state index is -4.55. The molecule has 0 saturated carbocycles. The smallest absolute Gasteiger partial charge is 0.313 e. The van der Waals surface area contributed by atoms with Gasteiger partial charge in [-0.1, -0.05) is 31.6 Å². The molecular formula is C14H17F4N. The molecule has 1 aromatic carbocycles. The Kier molecular flexibility index (Phi) is 5.54. The lowest BCUT2D eigenvalue weighted by molar-refractivity contribution is -0.137. The minimum absolute atomic E-state index is 0.00338. The molecule has 0 bridgehead atoms. The van der Waals surface area contributed by atoms with Crippen molar-refractivity contribution in [2.45, 2.75) is 26.4 Å². The standard InChI is InChI=1S/C14H17F4N/c1-3-10(9-19-4-2)7-11-5-6-12(15)8-13(11)14(16,17)18/h5-8,19H,3-4,9H2,1-2H3/b10-7+. The number of hydrogen-bond acceptors (Lipinski definition) is 1. The van der Waals surface area contributed by atoms with E-state index in [0.29, 0.717) is 19.0 Å². The third kappa shape index (κ3) is 4.67. The third-order valence-electron chi connectivity index (χ3n) is 2.74. The Morgan fingerprint density at radius 3 is 2.47 bits per heavy atom. The molecule has 0 aliphatic carbocycles.